The van der Waals surface area contributed by atoms with Crippen LogP contribution in [0, 0.1) is 6.92 Å². The average molecular weight is 294 g/mol. The minimum absolute atomic E-state index is 0.115. The summed E-state index contributed by atoms with van der Waals surface area (Å²) in [4.78, 5) is 22.9. The topological polar surface area (TPSA) is 78.4 Å². The molecule has 0 unspecified atom stereocenters. The molecule has 1 rings (SSSR count). The van der Waals surface area contributed by atoms with Crippen LogP contribution in [0.3, 0.4) is 0 Å². The van der Waals surface area contributed by atoms with Gasteiger partial charge in [-0.1, -0.05) is 18.2 Å². The summed E-state index contributed by atoms with van der Waals surface area (Å²) in [7, 11) is 0. The molecular formula is C14H18N2O3S. The highest BCUT2D eigenvalue weighted by molar-refractivity contribution is 7.99. The second kappa shape index (κ2) is 8.27. The maximum atomic E-state index is 11.7. The van der Waals surface area contributed by atoms with E-state index < -0.39 is 12.0 Å². The summed E-state index contributed by atoms with van der Waals surface area (Å²) >= 11 is 1.66. The van der Waals surface area contributed by atoms with Gasteiger partial charge in [-0.05, 0) is 18.6 Å². The van der Waals surface area contributed by atoms with E-state index >= 15 is 0 Å². The molecule has 108 valence electrons. The maximum Gasteiger partial charge on any atom is 0.338 e. The van der Waals surface area contributed by atoms with Crippen LogP contribution in [0.5, 0.6) is 0 Å². The van der Waals surface area contributed by atoms with E-state index in [0.717, 1.165) is 11.5 Å². The zero-order valence-corrected chi connectivity index (χ0v) is 12.1. The van der Waals surface area contributed by atoms with Crippen molar-refractivity contribution in [2.75, 3.05) is 23.4 Å². The van der Waals surface area contributed by atoms with Crippen molar-refractivity contribution in [2.24, 2.45) is 0 Å². The fourth-order valence-electron chi connectivity index (χ4n) is 1.63. The van der Waals surface area contributed by atoms with Crippen molar-refractivity contribution in [1.29, 1.82) is 0 Å². The predicted octanol–water partition coefficient (Wildman–Crippen LogP) is 2.73. The molecule has 0 radical (unpaired) electrons. The van der Waals surface area contributed by atoms with Gasteiger partial charge >= 0.3 is 12.0 Å². The Labute approximate surface area is 122 Å². The number of urea groups is 1. The van der Waals surface area contributed by atoms with Crippen LogP contribution in [0.2, 0.25) is 0 Å². The number of carbonyl (C=O) groups excluding carboxylic acids is 1. The van der Waals surface area contributed by atoms with Gasteiger partial charge in [-0.2, -0.15) is 11.8 Å². The molecule has 0 aliphatic carbocycles. The average Bonchev–Trinajstić information content (AvgIpc) is 2.38. The molecule has 0 aromatic heterocycles. The Morgan fingerprint density at radius 3 is 2.85 bits per heavy atom. The largest absolute Gasteiger partial charge is 0.478 e. The molecule has 3 N–H and O–H groups in total. The van der Waals surface area contributed by atoms with E-state index in [0.29, 0.717) is 17.8 Å². The van der Waals surface area contributed by atoms with Gasteiger partial charge < -0.3 is 15.7 Å². The third kappa shape index (κ3) is 4.97. The van der Waals surface area contributed by atoms with E-state index in [-0.39, 0.29) is 5.56 Å². The van der Waals surface area contributed by atoms with Crippen LogP contribution in [0.1, 0.15) is 15.9 Å². The molecule has 6 heteroatoms. The molecule has 20 heavy (non-hydrogen) atoms. The van der Waals surface area contributed by atoms with Crippen LogP contribution in [0.25, 0.3) is 0 Å². The van der Waals surface area contributed by atoms with Gasteiger partial charge in [-0.15, -0.1) is 6.58 Å². The Bertz CT molecular complexity index is 503. The number of nitrogens with one attached hydrogen (secondary N) is 2. The smallest absolute Gasteiger partial charge is 0.338 e. The first kappa shape index (κ1) is 16.1. The van der Waals surface area contributed by atoms with Gasteiger partial charge in [-0.3, -0.25) is 0 Å². The molecule has 0 heterocycles. The predicted molar refractivity (Wildman–Crippen MR) is 82.7 cm³/mol. The Morgan fingerprint density at radius 2 is 2.20 bits per heavy atom. The Hall–Kier alpha value is -1.95. The summed E-state index contributed by atoms with van der Waals surface area (Å²) in [5.41, 5.74) is 1.02. The number of hydrogen-bond acceptors (Lipinski definition) is 3. The molecule has 1 aromatic rings. The van der Waals surface area contributed by atoms with Gasteiger partial charge in [-0.25, -0.2) is 9.59 Å². The van der Waals surface area contributed by atoms with Crippen LogP contribution < -0.4 is 10.6 Å². The molecule has 5 nitrogen and oxygen atoms in total. The number of thioether (sulfide) groups is 1. The SMILES string of the molecule is C=CCSCCNC(=O)Nc1cccc(C)c1C(=O)O. The molecule has 2 amide bonds. The zero-order valence-electron chi connectivity index (χ0n) is 11.3. The Kier molecular flexibility index (Phi) is 6.66. The van der Waals surface area contributed by atoms with Gasteiger partial charge in [0.1, 0.15) is 0 Å². The Morgan fingerprint density at radius 1 is 1.45 bits per heavy atom. The fraction of sp³-hybridized carbons (Fsp3) is 0.286. The van der Waals surface area contributed by atoms with Crippen LogP contribution in [0.15, 0.2) is 30.9 Å². The lowest BCUT2D eigenvalue weighted by atomic mass is 10.1. The molecule has 0 atom stereocenters. The van der Waals surface area contributed by atoms with Crippen LogP contribution in [0.4, 0.5) is 10.5 Å². The molecule has 0 bridgehead atoms. The summed E-state index contributed by atoms with van der Waals surface area (Å²) in [6.45, 7) is 5.81. The summed E-state index contributed by atoms with van der Waals surface area (Å²) in [5.74, 6) is 0.559. The van der Waals surface area contributed by atoms with E-state index in [1.165, 1.54) is 0 Å². The third-order valence-electron chi connectivity index (χ3n) is 2.50. The quantitative estimate of drug-likeness (QED) is 0.534. The first-order valence-corrected chi connectivity index (χ1v) is 7.28. The van der Waals surface area contributed by atoms with E-state index in [1.807, 2.05) is 0 Å². The number of carbonyl (C=O) groups is 2. The van der Waals surface area contributed by atoms with Crippen LogP contribution >= 0.6 is 11.8 Å². The van der Waals surface area contributed by atoms with Crippen molar-refractivity contribution in [3.63, 3.8) is 0 Å². The van der Waals surface area contributed by atoms with E-state index in [1.54, 1.807) is 43.0 Å². The van der Waals surface area contributed by atoms with Crippen molar-refractivity contribution < 1.29 is 14.7 Å². The number of aromatic carboxylic acids is 1. The number of hydrogen-bond donors (Lipinski definition) is 3. The first-order chi connectivity index (χ1) is 9.56. The third-order valence-corrected chi connectivity index (χ3v) is 3.47. The van der Waals surface area contributed by atoms with Crippen molar-refractivity contribution >= 4 is 29.4 Å². The summed E-state index contributed by atoms with van der Waals surface area (Å²) in [5, 5.41) is 14.4. The standard InChI is InChI=1S/C14H18N2O3S/c1-3-8-20-9-7-15-14(19)16-11-6-4-5-10(2)12(11)13(17)18/h3-6H,1,7-9H2,2H3,(H,17,18)(H2,15,16,19). The van der Waals surface area contributed by atoms with Gasteiger partial charge in [0, 0.05) is 18.1 Å². The second-order valence-electron chi connectivity index (χ2n) is 4.05. The number of amides is 2. The number of carboxylic acid groups (broad SMARTS) is 1. The zero-order chi connectivity index (χ0) is 15.0. The number of aryl methyl sites for hydroxylation is 1. The summed E-state index contributed by atoms with van der Waals surface area (Å²) < 4.78 is 0. The molecule has 0 aliphatic heterocycles. The fourth-order valence-corrected chi connectivity index (χ4v) is 2.21. The van der Waals surface area contributed by atoms with Crippen LogP contribution in [-0.4, -0.2) is 35.2 Å². The number of benzene rings is 1. The first-order valence-electron chi connectivity index (χ1n) is 6.12. The van der Waals surface area contributed by atoms with E-state index in [2.05, 4.69) is 17.2 Å². The normalized spacial score (nSPS) is 9.85. The highest BCUT2D eigenvalue weighted by Gasteiger charge is 2.14. The van der Waals surface area contributed by atoms with E-state index in [4.69, 9.17) is 5.11 Å². The van der Waals surface area contributed by atoms with Gasteiger partial charge in [0.05, 0.1) is 11.3 Å². The summed E-state index contributed by atoms with van der Waals surface area (Å²) in [6.07, 6.45) is 1.80. The maximum absolute atomic E-state index is 11.7. The van der Waals surface area contributed by atoms with Crippen molar-refractivity contribution in [2.45, 2.75) is 6.92 Å². The minimum Gasteiger partial charge on any atom is -0.478 e. The number of carboxylic acids is 1. The van der Waals surface area contributed by atoms with Gasteiger partial charge in [0.15, 0.2) is 0 Å². The van der Waals surface area contributed by atoms with Gasteiger partial charge in [0.2, 0.25) is 0 Å². The molecule has 0 saturated carbocycles. The number of rotatable bonds is 7. The lowest BCUT2D eigenvalue weighted by Crippen LogP contribution is -2.31. The molecule has 0 aliphatic rings. The van der Waals surface area contributed by atoms with Crippen molar-refractivity contribution in [3.05, 3.63) is 42.0 Å². The molecular weight excluding hydrogens is 276 g/mol. The Balaban J connectivity index is 2.56. The van der Waals surface area contributed by atoms with E-state index in [9.17, 15) is 9.59 Å². The van der Waals surface area contributed by atoms with Gasteiger partial charge in [0.25, 0.3) is 0 Å². The highest BCUT2D eigenvalue weighted by atomic mass is 32.2. The van der Waals surface area contributed by atoms with Crippen molar-refractivity contribution in [1.82, 2.24) is 5.32 Å². The molecule has 1 aromatic carbocycles. The molecule has 0 fully saturated rings. The van der Waals surface area contributed by atoms with Crippen LogP contribution in [-0.2, 0) is 0 Å². The minimum atomic E-state index is -1.06. The highest BCUT2D eigenvalue weighted by Crippen LogP contribution is 2.19. The monoisotopic (exact) mass is 294 g/mol. The lowest BCUT2D eigenvalue weighted by molar-refractivity contribution is 0.0697. The molecule has 0 saturated heterocycles. The second-order valence-corrected chi connectivity index (χ2v) is 5.20. The summed E-state index contributed by atoms with van der Waals surface area (Å²) in [6, 6.07) is 4.57. The van der Waals surface area contributed by atoms with Crippen molar-refractivity contribution in [3.8, 4) is 0 Å². The molecule has 0 spiro atoms. The number of anilines is 1. The lowest BCUT2D eigenvalue weighted by Gasteiger charge is -2.11.